The molecule has 0 spiro atoms. The Bertz CT molecular complexity index is 226. The van der Waals surface area contributed by atoms with Crippen molar-refractivity contribution >= 4 is 5.91 Å². The first kappa shape index (κ1) is 10.7. The van der Waals surface area contributed by atoms with E-state index in [1.807, 2.05) is 19.1 Å². The van der Waals surface area contributed by atoms with Crippen LogP contribution in [0.3, 0.4) is 0 Å². The molecule has 2 nitrogen and oxygen atoms in total. The maximum atomic E-state index is 10.4. The van der Waals surface area contributed by atoms with E-state index in [0.717, 1.165) is 11.1 Å². The van der Waals surface area contributed by atoms with Crippen molar-refractivity contribution in [3.05, 3.63) is 36.5 Å². The van der Waals surface area contributed by atoms with Gasteiger partial charge < -0.3 is 5.73 Å². The number of carbonyl (C=O) groups excluding carboxylic acids is 1. The Labute approximate surface area is 73.5 Å². The van der Waals surface area contributed by atoms with E-state index in [0.29, 0.717) is 12.8 Å². The van der Waals surface area contributed by atoms with E-state index in [4.69, 9.17) is 5.73 Å². The van der Waals surface area contributed by atoms with Crippen LogP contribution in [0.2, 0.25) is 0 Å². The zero-order valence-corrected chi connectivity index (χ0v) is 7.47. The van der Waals surface area contributed by atoms with Crippen LogP contribution in [0.25, 0.3) is 0 Å². The lowest BCUT2D eigenvalue weighted by atomic mass is 10.1. The predicted molar refractivity (Wildman–Crippen MR) is 51.5 cm³/mol. The normalized spacial score (nSPS) is 10.1. The van der Waals surface area contributed by atoms with Gasteiger partial charge in [-0.1, -0.05) is 36.5 Å². The van der Waals surface area contributed by atoms with Crippen molar-refractivity contribution in [1.29, 1.82) is 0 Å². The van der Waals surface area contributed by atoms with E-state index < -0.39 is 0 Å². The molecule has 12 heavy (non-hydrogen) atoms. The Balaban J connectivity index is 3.75. The molecule has 0 aliphatic rings. The van der Waals surface area contributed by atoms with E-state index in [-0.39, 0.29) is 5.91 Å². The summed E-state index contributed by atoms with van der Waals surface area (Å²) in [4.78, 5) is 10.4. The van der Waals surface area contributed by atoms with Gasteiger partial charge in [-0.15, -0.1) is 0 Å². The molecule has 0 aliphatic heterocycles. The number of primary amides is 1. The molecule has 0 fully saturated rings. The molecule has 1 amide bonds. The van der Waals surface area contributed by atoms with Crippen molar-refractivity contribution in [3.63, 3.8) is 0 Å². The van der Waals surface area contributed by atoms with Gasteiger partial charge in [0, 0.05) is 6.42 Å². The van der Waals surface area contributed by atoms with Gasteiger partial charge in [0.25, 0.3) is 0 Å². The lowest BCUT2D eigenvalue weighted by Crippen LogP contribution is -2.09. The molecule has 0 heterocycles. The van der Waals surface area contributed by atoms with Crippen LogP contribution >= 0.6 is 0 Å². The first-order chi connectivity index (χ1) is 5.52. The van der Waals surface area contributed by atoms with Gasteiger partial charge in [-0.2, -0.15) is 0 Å². The van der Waals surface area contributed by atoms with Gasteiger partial charge in [0.05, 0.1) is 0 Å². The van der Waals surface area contributed by atoms with Crippen LogP contribution in [0.5, 0.6) is 0 Å². The van der Waals surface area contributed by atoms with E-state index in [1.165, 1.54) is 0 Å². The second kappa shape index (κ2) is 5.35. The molecule has 2 N–H and O–H groups in total. The summed E-state index contributed by atoms with van der Waals surface area (Å²) < 4.78 is 0. The fourth-order valence-corrected chi connectivity index (χ4v) is 0.627. The zero-order chi connectivity index (χ0) is 9.56. The molecule has 0 aromatic carbocycles. The lowest BCUT2D eigenvalue weighted by molar-refractivity contribution is -0.117. The third-order valence-electron chi connectivity index (χ3n) is 1.30. The first-order valence-corrected chi connectivity index (χ1v) is 3.82. The second-order valence-electron chi connectivity index (χ2n) is 2.80. The Morgan fingerprint density at radius 1 is 1.33 bits per heavy atom. The fourth-order valence-electron chi connectivity index (χ4n) is 0.627. The highest BCUT2D eigenvalue weighted by molar-refractivity contribution is 5.74. The van der Waals surface area contributed by atoms with E-state index in [2.05, 4.69) is 13.2 Å². The Morgan fingerprint density at radius 2 is 1.92 bits per heavy atom. The molecular weight excluding hydrogens is 150 g/mol. The Kier molecular flexibility index (Phi) is 4.77. The minimum absolute atomic E-state index is 0.292. The van der Waals surface area contributed by atoms with Crippen LogP contribution in [-0.4, -0.2) is 5.91 Å². The monoisotopic (exact) mass is 165 g/mol. The van der Waals surface area contributed by atoms with Crippen LogP contribution in [0.15, 0.2) is 36.5 Å². The number of amides is 1. The van der Waals surface area contributed by atoms with E-state index in [1.54, 1.807) is 0 Å². The van der Waals surface area contributed by atoms with Crippen LogP contribution in [-0.2, 0) is 4.79 Å². The second-order valence-corrected chi connectivity index (χ2v) is 2.80. The van der Waals surface area contributed by atoms with Crippen molar-refractivity contribution in [1.82, 2.24) is 0 Å². The first-order valence-electron chi connectivity index (χ1n) is 3.82. The number of hydrogen-bond acceptors (Lipinski definition) is 1. The summed E-state index contributed by atoms with van der Waals surface area (Å²) in [6.45, 7) is 9.37. The smallest absolute Gasteiger partial charge is 0.217 e. The van der Waals surface area contributed by atoms with Crippen molar-refractivity contribution in [2.24, 2.45) is 5.73 Å². The highest BCUT2D eigenvalue weighted by atomic mass is 16.1. The molecule has 0 aromatic rings. The van der Waals surface area contributed by atoms with Crippen molar-refractivity contribution in [3.8, 4) is 0 Å². The van der Waals surface area contributed by atoms with Gasteiger partial charge in [0.15, 0.2) is 0 Å². The topological polar surface area (TPSA) is 43.1 Å². The van der Waals surface area contributed by atoms with Crippen molar-refractivity contribution in [2.45, 2.75) is 19.8 Å². The number of carbonyl (C=O) groups is 1. The molecule has 0 unspecified atom stereocenters. The van der Waals surface area contributed by atoms with Crippen LogP contribution in [0, 0.1) is 0 Å². The highest BCUT2D eigenvalue weighted by Crippen LogP contribution is 2.04. The molecule has 2 heteroatoms. The summed E-state index contributed by atoms with van der Waals surface area (Å²) in [6, 6.07) is 0. The Morgan fingerprint density at radius 3 is 2.33 bits per heavy atom. The molecule has 0 saturated carbocycles. The summed E-state index contributed by atoms with van der Waals surface area (Å²) >= 11 is 0. The Hall–Kier alpha value is -1.31. The van der Waals surface area contributed by atoms with Gasteiger partial charge in [-0.05, 0) is 13.3 Å². The minimum Gasteiger partial charge on any atom is -0.370 e. The largest absolute Gasteiger partial charge is 0.370 e. The molecule has 0 rings (SSSR count). The summed E-state index contributed by atoms with van der Waals surface area (Å²) in [7, 11) is 0. The predicted octanol–water partition coefficient (Wildman–Crippen LogP) is 1.94. The maximum absolute atomic E-state index is 10.4. The zero-order valence-electron chi connectivity index (χ0n) is 7.47. The molecule has 0 aliphatic carbocycles. The molecule has 0 bridgehead atoms. The standard InChI is InChI=1S/C10H15NO/c1-8(2)4-5-9(3)6-7-10(11)12/h4-5H,1,3,6-7H2,2H3,(H2,11,12)/b5-4-. The van der Waals surface area contributed by atoms with Gasteiger partial charge in [-0.3, -0.25) is 4.79 Å². The SMILES string of the molecule is C=C(C)/C=C\C(=C)CCC(N)=O. The summed E-state index contributed by atoms with van der Waals surface area (Å²) in [5, 5.41) is 0. The van der Waals surface area contributed by atoms with Crippen LogP contribution < -0.4 is 5.73 Å². The number of hydrogen-bond donors (Lipinski definition) is 1. The summed E-state index contributed by atoms with van der Waals surface area (Å²) in [5.41, 5.74) is 6.84. The van der Waals surface area contributed by atoms with Gasteiger partial charge in [0.2, 0.25) is 5.91 Å². The molecule has 0 saturated heterocycles. The van der Waals surface area contributed by atoms with Crippen LogP contribution in [0.4, 0.5) is 0 Å². The number of nitrogens with two attached hydrogens (primary N) is 1. The highest BCUT2D eigenvalue weighted by Gasteiger charge is 1.94. The minimum atomic E-state index is -0.292. The van der Waals surface area contributed by atoms with E-state index in [9.17, 15) is 4.79 Å². The van der Waals surface area contributed by atoms with Gasteiger partial charge in [0.1, 0.15) is 0 Å². The maximum Gasteiger partial charge on any atom is 0.217 e. The lowest BCUT2D eigenvalue weighted by Gasteiger charge is -1.96. The molecular formula is C10H15NO. The third-order valence-corrected chi connectivity index (χ3v) is 1.30. The average molecular weight is 165 g/mol. The summed E-state index contributed by atoms with van der Waals surface area (Å²) in [6.07, 6.45) is 4.70. The fraction of sp³-hybridized carbons (Fsp3) is 0.300. The van der Waals surface area contributed by atoms with Gasteiger partial charge in [-0.25, -0.2) is 0 Å². The molecule has 0 aromatic heterocycles. The molecule has 0 radical (unpaired) electrons. The molecule has 0 atom stereocenters. The third kappa shape index (κ3) is 6.81. The molecule has 66 valence electrons. The van der Waals surface area contributed by atoms with Gasteiger partial charge >= 0.3 is 0 Å². The van der Waals surface area contributed by atoms with Crippen LogP contribution in [0.1, 0.15) is 19.8 Å². The number of allylic oxidation sites excluding steroid dienone is 4. The average Bonchev–Trinajstić information content (AvgIpc) is 1.96. The van der Waals surface area contributed by atoms with E-state index >= 15 is 0 Å². The van der Waals surface area contributed by atoms with Crippen molar-refractivity contribution < 1.29 is 4.79 Å². The van der Waals surface area contributed by atoms with Crippen molar-refractivity contribution in [2.75, 3.05) is 0 Å². The summed E-state index contributed by atoms with van der Waals surface area (Å²) in [5.74, 6) is -0.292. The number of rotatable bonds is 5. The quantitative estimate of drug-likeness (QED) is 0.621.